The van der Waals surface area contributed by atoms with Crippen LogP contribution in [0.3, 0.4) is 0 Å². The molecule has 4 N–H and O–H groups in total. The molecule has 6 heteroatoms. The average Bonchev–Trinajstić information content (AvgIpc) is 2.85. The lowest BCUT2D eigenvalue weighted by atomic mass is 10.00. The highest BCUT2D eigenvalue weighted by molar-refractivity contribution is 9.10. The van der Waals surface area contributed by atoms with E-state index < -0.39 is 0 Å². The van der Waals surface area contributed by atoms with E-state index in [2.05, 4.69) is 43.6 Å². The molecule has 1 unspecified atom stereocenters. The van der Waals surface area contributed by atoms with Gasteiger partial charge in [-0.15, -0.1) is 0 Å². The zero-order valence-electron chi connectivity index (χ0n) is 9.91. The maximum Gasteiger partial charge on any atom is 0.159 e. The summed E-state index contributed by atoms with van der Waals surface area (Å²) in [6.45, 7) is 2.21. The lowest BCUT2D eigenvalue weighted by Gasteiger charge is -2.21. The number of hydrogen-bond acceptors (Lipinski definition) is 5. The molecule has 1 aromatic rings. The number of nitrogens with one attached hydrogen (secondary N) is 2. The number of nitrogen functional groups attached to an aromatic ring is 1. The smallest absolute Gasteiger partial charge is 0.159 e. The summed E-state index contributed by atoms with van der Waals surface area (Å²) in [4.78, 5) is 8.26. The molecule has 1 aliphatic carbocycles. The summed E-state index contributed by atoms with van der Waals surface area (Å²) < 4.78 is 0.785. The number of nitrogens with zero attached hydrogens (tertiary/aromatic N) is 2. The molecule has 1 fully saturated rings. The van der Waals surface area contributed by atoms with E-state index in [0.717, 1.165) is 16.2 Å². The highest BCUT2D eigenvalue weighted by Gasteiger charge is 2.22. The monoisotopic (exact) mass is 299 g/mol. The molecule has 0 aliphatic heterocycles. The van der Waals surface area contributed by atoms with Crippen molar-refractivity contribution in [2.75, 3.05) is 10.7 Å². The van der Waals surface area contributed by atoms with Gasteiger partial charge in [0.05, 0.1) is 0 Å². The largest absolute Gasteiger partial charge is 0.366 e. The van der Waals surface area contributed by atoms with Crippen LogP contribution in [0.2, 0.25) is 0 Å². The molecule has 0 spiro atoms. The van der Waals surface area contributed by atoms with Crippen molar-refractivity contribution in [3.63, 3.8) is 0 Å². The number of nitrogens with two attached hydrogens (primary N) is 1. The number of rotatable bonds is 4. The second-order valence-electron chi connectivity index (χ2n) is 4.51. The molecule has 1 saturated carbocycles. The first-order chi connectivity index (χ1) is 8.22. The molecule has 17 heavy (non-hydrogen) atoms. The SMILES string of the molecule is CC(Nc1ncnc(NN)c1Br)C1CCCC1. The molecular weight excluding hydrogens is 282 g/mol. The van der Waals surface area contributed by atoms with E-state index in [0.29, 0.717) is 11.9 Å². The Labute approximate surface area is 110 Å². The summed E-state index contributed by atoms with van der Waals surface area (Å²) in [5.74, 6) is 7.51. The standard InChI is InChI=1S/C11H18BrN5/c1-7(8-4-2-3-5-8)16-10-9(12)11(17-13)15-6-14-10/h6-8H,2-5,13H2,1H3,(H2,14,15,16,17). The molecule has 1 heterocycles. The average molecular weight is 300 g/mol. The van der Waals surface area contributed by atoms with Crippen molar-refractivity contribution in [3.8, 4) is 0 Å². The predicted octanol–water partition coefficient (Wildman–Crippen LogP) is 2.52. The summed E-state index contributed by atoms with van der Waals surface area (Å²) in [5, 5.41) is 3.43. The van der Waals surface area contributed by atoms with Gasteiger partial charge in [0.2, 0.25) is 0 Å². The fourth-order valence-corrected chi connectivity index (χ4v) is 2.80. The quantitative estimate of drug-likeness (QED) is 0.588. The number of halogens is 1. The predicted molar refractivity (Wildman–Crippen MR) is 72.6 cm³/mol. The second-order valence-corrected chi connectivity index (χ2v) is 5.30. The van der Waals surface area contributed by atoms with Crippen LogP contribution in [0.5, 0.6) is 0 Å². The zero-order chi connectivity index (χ0) is 12.3. The number of hydrogen-bond donors (Lipinski definition) is 3. The van der Waals surface area contributed by atoms with Crippen LogP contribution in [0.25, 0.3) is 0 Å². The Bertz CT molecular complexity index is 378. The third-order valence-electron chi connectivity index (χ3n) is 3.40. The van der Waals surface area contributed by atoms with Gasteiger partial charge < -0.3 is 10.7 Å². The van der Waals surface area contributed by atoms with E-state index in [1.54, 1.807) is 0 Å². The molecule has 5 nitrogen and oxygen atoms in total. The molecular formula is C11H18BrN5. The fourth-order valence-electron chi connectivity index (χ4n) is 2.36. The molecule has 1 atom stereocenters. The molecule has 94 valence electrons. The third-order valence-corrected chi connectivity index (χ3v) is 4.15. The maximum atomic E-state index is 5.37. The van der Waals surface area contributed by atoms with Gasteiger partial charge in [-0.2, -0.15) is 0 Å². The van der Waals surface area contributed by atoms with E-state index >= 15 is 0 Å². The van der Waals surface area contributed by atoms with Crippen LogP contribution < -0.4 is 16.6 Å². The van der Waals surface area contributed by atoms with Crippen molar-refractivity contribution in [1.82, 2.24) is 9.97 Å². The van der Waals surface area contributed by atoms with Crippen molar-refractivity contribution in [3.05, 3.63) is 10.8 Å². The first-order valence-corrected chi connectivity index (χ1v) is 6.75. The fraction of sp³-hybridized carbons (Fsp3) is 0.636. The van der Waals surface area contributed by atoms with Crippen LogP contribution in [0, 0.1) is 5.92 Å². The highest BCUT2D eigenvalue weighted by Crippen LogP contribution is 2.31. The van der Waals surface area contributed by atoms with Crippen LogP contribution >= 0.6 is 15.9 Å². The second kappa shape index (κ2) is 5.64. The molecule has 1 aromatic heterocycles. The Kier molecular flexibility index (Phi) is 4.17. The van der Waals surface area contributed by atoms with Crippen molar-refractivity contribution in [2.45, 2.75) is 38.6 Å². The van der Waals surface area contributed by atoms with Crippen LogP contribution in [0.15, 0.2) is 10.8 Å². The highest BCUT2D eigenvalue weighted by atomic mass is 79.9. The van der Waals surface area contributed by atoms with Gasteiger partial charge in [-0.3, -0.25) is 0 Å². The van der Waals surface area contributed by atoms with Gasteiger partial charge in [-0.05, 0) is 41.6 Å². The van der Waals surface area contributed by atoms with E-state index in [9.17, 15) is 0 Å². The third kappa shape index (κ3) is 2.87. The van der Waals surface area contributed by atoms with Gasteiger partial charge in [-0.25, -0.2) is 15.8 Å². The topological polar surface area (TPSA) is 75.9 Å². The molecule has 0 amide bonds. The molecule has 0 bridgehead atoms. The van der Waals surface area contributed by atoms with Crippen LogP contribution in [-0.2, 0) is 0 Å². The minimum Gasteiger partial charge on any atom is -0.366 e. The Hall–Kier alpha value is -0.880. The van der Waals surface area contributed by atoms with Crippen molar-refractivity contribution < 1.29 is 0 Å². The van der Waals surface area contributed by atoms with Crippen molar-refractivity contribution >= 4 is 27.6 Å². The Morgan fingerprint density at radius 3 is 2.65 bits per heavy atom. The zero-order valence-corrected chi connectivity index (χ0v) is 11.5. The van der Waals surface area contributed by atoms with Gasteiger partial charge >= 0.3 is 0 Å². The summed E-state index contributed by atoms with van der Waals surface area (Å²) in [5.41, 5.74) is 2.54. The minimum absolute atomic E-state index is 0.425. The Morgan fingerprint density at radius 2 is 2.00 bits per heavy atom. The summed E-state index contributed by atoms with van der Waals surface area (Å²) in [6, 6.07) is 0.425. The van der Waals surface area contributed by atoms with Gasteiger partial charge in [0.1, 0.15) is 16.6 Å². The van der Waals surface area contributed by atoms with E-state index in [1.807, 2.05) is 0 Å². The van der Waals surface area contributed by atoms with Gasteiger partial charge in [-0.1, -0.05) is 12.8 Å². The Morgan fingerprint density at radius 1 is 1.35 bits per heavy atom. The van der Waals surface area contributed by atoms with E-state index in [1.165, 1.54) is 32.0 Å². The van der Waals surface area contributed by atoms with E-state index in [-0.39, 0.29) is 0 Å². The minimum atomic E-state index is 0.425. The number of hydrazine groups is 1. The lowest BCUT2D eigenvalue weighted by Crippen LogP contribution is -2.25. The molecule has 0 aromatic carbocycles. The van der Waals surface area contributed by atoms with Gasteiger partial charge in [0.15, 0.2) is 5.82 Å². The van der Waals surface area contributed by atoms with Crippen molar-refractivity contribution in [1.29, 1.82) is 0 Å². The van der Waals surface area contributed by atoms with Crippen molar-refractivity contribution in [2.24, 2.45) is 11.8 Å². The molecule has 0 radical (unpaired) electrons. The Balaban J connectivity index is 2.07. The van der Waals surface area contributed by atoms with Crippen LogP contribution in [0.4, 0.5) is 11.6 Å². The number of anilines is 2. The summed E-state index contributed by atoms with van der Waals surface area (Å²) in [6.07, 6.45) is 6.80. The lowest BCUT2D eigenvalue weighted by molar-refractivity contribution is 0.481. The van der Waals surface area contributed by atoms with Gasteiger partial charge in [0.25, 0.3) is 0 Å². The summed E-state index contributed by atoms with van der Waals surface area (Å²) in [7, 11) is 0. The summed E-state index contributed by atoms with van der Waals surface area (Å²) >= 11 is 3.45. The maximum absolute atomic E-state index is 5.37. The van der Waals surface area contributed by atoms with Crippen LogP contribution in [0.1, 0.15) is 32.6 Å². The first kappa shape index (κ1) is 12.6. The van der Waals surface area contributed by atoms with Crippen LogP contribution in [-0.4, -0.2) is 16.0 Å². The first-order valence-electron chi connectivity index (χ1n) is 5.96. The van der Waals surface area contributed by atoms with Gasteiger partial charge in [0, 0.05) is 6.04 Å². The molecule has 0 saturated heterocycles. The normalized spacial score (nSPS) is 18.1. The van der Waals surface area contributed by atoms with E-state index in [4.69, 9.17) is 5.84 Å². The molecule has 2 rings (SSSR count). The number of aromatic nitrogens is 2. The molecule has 1 aliphatic rings.